The molecule has 1 aromatic carbocycles. The van der Waals surface area contributed by atoms with Gasteiger partial charge in [-0.25, -0.2) is 4.98 Å². The fourth-order valence-electron chi connectivity index (χ4n) is 1.84. The Morgan fingerprint density at radius 3 is 2.50 bits per heavy atom. The normalized spacial score (nSPS) is 14.7. The van der Waals surface area contributed by atoms with E-state index in [-0.39, 0.29) is 12.1 Å². The van der Waals surface area contributed by atoms with Crippen molar-refractivity contribution in [2.45, 2.75) is 19.0 Å². The molecular formula is C12H14BrN3. The lowest BCUT2D eigenvalue weighted by Gasteiger charge is -2.22. The van der Waals surface area contributed by atoms with Crippen LogP contribution in [0.5, 0.6) is 0 Å². The highest BCUT2D eigenvalue weighted by atomic mass is 79.9. The van der Waals surface area contributed by atoms with Gasteiger partial charge in [0.25, 0.3) is 0 Å². The second kappa shape index (κ2) is 4.80. The molecule has 16 heavy (non-hydrogen) atoms. The molecule has 3 nitrogen and oxygen atoms in total. The topological polar surface area (TPSA) is 43.8 Å². The van der Waals surface area contributed by atoms with Gasteiger partial charge >= 0.3 is 0 Å². The Morgan fingerprint density at radius 1 is 1.31 bits per heavy atom. The highest BCUT2D eigenvalue weighted by molar-refractivity contribution is 9.10. The zero-order chi connectivity index (χ0) is 11.5. The molecule has 0 saturated heterocycles. The van der Waals surface area contributed by atoms with Gasteiger partial charge in [-0.2, -0.15) is 0 Å². The average Bonchev–Trinajstić information content (AvgIpc) is 2.74. The predicted octanol–water partition coefficient (Wildman–Crippen LogP) is 2.58. The number of halogens is 1. The maximum absolute atomic E-state index is 6.04. The minimum absolute atomic E-state index is 0.0374. The summed E-state index contributed by atoms with van der Waals surface area (Å²) in [5.74, 6) is 0. The maximum atomic E-state index is 6.04. The number of rotatable bonds is 3. The summed E-state index contributed by atoms with van der Waals surface area (Å²) in [7, 11) is 0. The molecule has 1 heterocycles. The first-order valence-corrected chi connectivity index (χ1v) is 5.96. The van der Waals surface area contributed by atoms with Crippen LogP contribution in [0.25, 0.3) is 0 Å². The van der Waals surface area contributed by atoms with Crippen LogP contribution in [0, 0.1) is 0 Å². The Hall–Kier alpha value is -1.13. The molecule has 0 bridgehead atoms. The Kier molecular flexibility index (Phi) is 3.41. The molecule has 2 N–H and O–H groups in total. The van der Waals surface area contributed by atoms with Crippen molar-refractivity contribution < 1.29 is 0 Å². The van der Waals surface area contributed by atoms with Crippen LogP contribution in [0.1, 0.15) is 18.5 Å². The highest BCUT2D eigenvalue weighted by Gasteiger charge is 2.17. The van der Waals surface area contributed by atoms with Gasteiger partial charge in [-0.15, -0.1) is 0 Å². The van der Waals surface area contributed by atoms with Crippen LogP contribution in [0.2, 0.25) is 0 Å². The van der Waals surface area contributed by atoms with Crippen molar-refractivity contribution >= 4 is 15.9 Å². The molecule has 2 atom stereocenters. The van der Waals surface area contributed by atoms with Gasteiger partial charge in [0, 0.05) is 22.9 Å². The van der Waals surface area contributed by atoms with Gasteiger partial charge in [0.05, 0.1) is 12.4 Å². The van der Waals surface area contributed by atoms with Crippen LogP contribution in [0.4, 0.5) is 0 Å². The summed E-state index contributed by atoms with van der Waals surface area (Å²) < 4.78 is 3.11. The molecule has 2 unspecified atom stereocenters. The Morgan fingerprint density at radius 2 is 2.00 bits per heavy atom. The van der Waals surface area contributed by atoms with Crippen LogP contribution >= 0.6 is 15.9 Å². The zero-order valence-corrected chi connectivity index (χ0v) is 10.6. The van der Waals surface area contributed by atoms with Crippen LogP contribution in [-0.4, -0.2) is 15.6 Å². The lowest BCUT2D eigenvalue weighted by atomic mass is 10.0. The first kappa shape index (κ1) is 11.4. The van der Waals surface area contributed by atoms with E-state index in [2.05, 4.69) is 33.0 Å². The van der Waals surface area contributed by atoms with Crippen LogP contribution < -0.4 is 5.73 Å². The number of imidazole rings is 1. The number of nitrogens with two attached hydrogens (primary N) is 1. The zero-order valence-electron chi connectivity index (χ0n) is 9.05. The van der Waals surface area contributed by atoms with Gasteiger partial charge in [-0.05, 0) is 24.6 Å². The number of aromatic nitrogens is 2. The monoisotopic (exact) mass is 279 g/mol. The van der Waals surface area contributed by atoms with Crippen molar-refractivity contribution in [1.82, 2.24) is 9.55 Å². The van der Waals surface area contributed by atoms with Crippen molar-refractivity contribution in [2.75, 3.05) is 0 Å². The Bertz CT molecular complexity index is 434. The van der Waals surface area contributed by atoms with E-state index in [4.69, 9.17) is 5.73 Å². The third kappa shape index (κ3) is 2.33. The third-order valence-electron chi connectivity index (χ3n) is 2.56. The SMILES string of the molecule is CC(N)C(c1ccc(Br)cc1)n1ccnc1. The molecule has 0 spiro atoms. The molecule has 0 aliphatic rings. The van der Waals surface area contributed by atoms with Gasteiger partial charge in [-0.3, -0.25) is 0 Å². The Labute approximate surface area is 103 Å². The quantitative estimate of drug-likeness (QED) is 0.939. The highest BCUT2D eigenvalue weighted by Crippen LogP contribution is 2.22. The van der Waals surface area contributed by atoms with E-state index in [0.717, 1.165) is 4.47 Å². The van der Waals surface area contributed by atoms with E-state index in [1.807, 2.05) is 29.8 Å². The number of hydrogen-bond donors (Lipinski definition) is 1. The largest absolute Gasteiger partial charge is 0.328 e. The van der Waals surface area contributed by atoms with Gasteiger partial charge < -0.3 is 10.3 Å². The van der Waals surface area contributed by atoms with Crippen molar-refractivity contribution in [3.8, 4) is 0 Å². The summed E-state index contributed by atoms with van der Waals surface area (Å²) >= 11 is 3.43. The molecule has 0 fully saturated rings. The molecule has 84 valence electrons. The van der Waals surface area contributed by atoms with Crippen molar-refractivity contribution in [2.24, 2.45) is 5.73 Å². The van der Waals surface area contributed by atoms with Gasteiger partial charge in [0.15, 0.2) is 0 Å². The standard InChI is InChI=1S/C12H14BrN3/c1-9(14)12(16-7-6-15-8-16)10-2-4-11(13)5-3-10/h2-9,12H,14H2,1H3. The fourth-order valence-corrected chi connectivity index (χ4v) is 2.11. The number of hydrogen-bond acceptors (Lipinski definition) is 2. The van der Waals surface area contributed by atoms with E-state index < -0.39 is 0 Å². The molecule has 0 amide bonds. The summed E-state index contributed by atoms with van der Waals surface area (Å²) in [6, 6.07) is 8.39. The van der Waals surface area contributed by atoms with E-state index >= 15 is 0 Å². The summed E-state index contributed by atoms with van der Waals surface area (Å²) in [6.07, 6.45) is 5.51. The molecule has 1 aromatic heterocycles. The summed E-state index contributed by atoms with van der Waals surface area (Å²) in [5, 5.41) is 0. The third-order valence-corrected chi connectivity index (χ3v) is 3.08. The van der Waals surface area contributed by atoms with Crippen LogP contribution in [0.3, 0.4) is 0 Å². The number of nitrogens with zero attached hydrogens (tertiary/aromatic N) is 2. The molecule has 0 saturated carbocycles. The lowest BCUT2D eigenvalue weighted by Crippen LogP contribution is -2.29. The van der Waals surface area contributed by atoms with E-state index in [1.54, 1.807) is 12.5 Å². The Balaban J connectivity index is 2.37. The number of benzene rings is 1. The summed E-state index contributed by atoms with van der Waals surface area (Å²) in [5.41, 5.74) is 7.23. The van der Waals surface area contributed by atoms with E-state index in [0.29, 0.717) is 0 Å². The first-order valence-electron chi connectivity index (χ1n) is 5.17. The first-order chi connectivity index (χ1) is 7.68. The van der Waals surface area contributed by atoms with E-state index in [9.17, 15) is 0 Å². The minimum atomic E-state index is 0.0374. The smallest absolute Gasteiger partial charge is 0.0952 e. The lowest BCUT2D eigenvalue weighted by molar-refractivity contribution is 0.496. The minimum Gasteiger partial charge on any atom is -0.328 e. The van der Waals surface area contributed by atoms with Crippen molar-refractivity contribution in [3.63, 3.8) is 0 Å². The molecule has 0 aliphatic carbocycles. The predicted molar refractivity (Wildman–Crippen MR) is 68.2 cm³/mol. The summed E-state index contributed by atoms with van der Waals surface area (Å²) in [4.78, 5) is 4.07. The molecule has 2 aromatic rings. The fraction of sp³-hybridized carbons (Fsp3) is 0.250. The van der Waals surface area contributed by atoms with Gasteiger partial charge in [0.2, 0.25) is 0 Å². The van der Waals surface area contributed by atoms with E-state index in [1.165, 1.54) is 5.56 Å². The molecule has 0 aliphatic heterocycles. The molecule has 4 heteroatoms. The molecule has 0 radical (unpaired) electrons. The maximum Gasteiger partial charge on any atom is 0.0952 e. The second-order valence-electron chi connectivity index (χ2n) is 3.87. The summed E-state index contributed by atoms with van der Waals surface area (Å²) in [6.45, 7) is 2.01. The average molecular weight is 280 g/mol. The van der Waals surface area contributed by atoms with Gasteiger partial charge in [0.1, 0.15) is 0 Å². The van der Waals surface area contributed by atoms with Crippen LogP contribution in [0.15, 0.2) is 47.5 Å². The van der Waals surface area contributed by atoms with Crippen molar-refractivity contribution in [1.29, 1.82) is 0 Å². The van der Waals surface area contributed by atoms with Crippen molar-refractivity contribution in [3.05, 3.63) is 53.0 Å². The molecular weight excluding hydrogens is 266 g/mol. The van der Waals surface area contributed by atoms with Crippen LogP contribution in [-0.2, 0) is 0 Å². The second-order valence-corrected chi connectivity index (χ2v) is 4.78. The van der Waals surface area contributed by atoms with Gasteiger partial charge in [-0.1, -0.05) is 28.1 Å². The molecule has 2 rings (SSSR count).